The molecule has 0 heterocycles. The lowest BCUT2D eigenvalue weighted by Crippen LogP contribution is -2.14. The molecule has 112 valence electrons. The largest absolute Gasteiger partial charge is 0.324 e. The van der Waals surface area contributed by atoms with Gasteiger partial charge in [-0.1, -0.05) is 18.2 Å². The Kier molecular flexibility index (Phi) is 5.08. The van der Waals surface area contributed by atoms with Gasteiger partial charge in [-0.2, -0.15) is 0 Å². The monoisotopic (exact) mass is 432 g/mol. The summed E-state index contributed by atoms with van der Waals surface area (Å²) >= 11 is 6.66. The van der Waals surface area contributed by atoms with Gasteiger partial charge in [-0.3, -0.25) is 4.72 Å². The molecule has 2 aromatic carbocycles. The van der Waals surface area contributed by atoms with Crippen LogP contribution in [0, 0.1) is 0 Å². The molecule has 0 aromatic heterocycles. The van der Waals surface area contributed by atoms with Crippen molar-refractivity contribution < 1.29 is 8.42 Å². The van der Waals surface area contributed by atoms with Crippen LogP contribution >= 0.6 is 31.9 Å². The Labute approximate surface area is 141 Å². The average Bonchev–Trinajstić information content (AvgIpc) is 2.43. The summed E-state index contributed by atoms with van der Waals surface area (Å²) < 4.78 is 28.7. The van der Waals surface area contributed by atoms with Gasteiger partial charge < -0.3 is 5.73 Å². The summed E-state index contributed by atoms with van der Waals surface area (Å²) in [5, 5.41) is 0. The summed E-state index contributed by atoms with van der Waals surface area (Å²) in [6.45, 7) is 1.85. The van der Waals surface area contributed by atoms with Crippen LogP contribution in [0.2, 0.25) is 0 Å². The predicted molar refractivity (Wildman–Crippen MR) is 91.7 cm³/mol. The van der Waals surface area contributed by atoms with Gasteiger partial charge in [-0.25, -0.2) is 8.42 Å². The number of halogens is 2. The molecule has 0 saturated carbocycles. The molecule has 0 spiro atoms. The quantitative estimate of drug-likeness (QED) is 0.764. The van der Waals surface area contributed by atoms with Gasteiger partial charge in [-0.05, 0) is 68.6 Å². The maximum Gasteiger partial charge on any atom is 0.261 e. The number of para-hydroxylation sites is 1. The van der Waals surface area contributed by atoms with E-state index in [4.69, 9.17) is 5.73 Å². The molecule has 21 heavy (non-hydrogen) atoms. The number of hydrogen-bond donors (Lipinski definition) is 2. The molecule has 0 bridgehead atoms. The summed E-state index contributed by atoms with van der Waals surface area (Å²) in [5.41, 5.74) is 7.11. The Hall–Kier alpha value is -0.890. The highest BCUT2D eigenvalue weighted by Crippen LogP contribution is 2.32. The SMILES string of the molecule is CC(N)c1ccc(S(=O)(=O)Nc2c(Br)cccc2Br)cc1. The van der Waals surface area contributed by atoms with Crippen molar-refractivity contribution in [1.82, 2.24) is 0 Å². The van der Waals surface area contributed by atoms with E-state index in [1.165, 1.54) is 0 Å². The minimum absolute atomic E-state index is 0.132. The van der Waals surface area contributed by atoms with Crippen LogP contribution in [-0.4, -0.2) is 8.42 Å². The number of anilines is 1. The summed E-state index contributed by atoms with van der Waals surface area (Å²) in [6.07, 6.45) is 0. The first-order valence-electron chi connectivity index (χ1n) is 6.13. The Morgan fingerprint density at radius 3 is 2.05 bits per heavy atom. The molecule has 0 fully saturated rings. The fraction of sp³-hybridized carbons (Fsp3) is 0.143. The first-order valence-corrected chi connectivity index (χ1v) is 9.20. The lowest BCUT2D eigenvalue weighted by Gasteiger charge is -2.12. The summed E-state index contributed by atoms with van der Waals surface area (Å²) in [6, 6.07) is 11.7. The highest BCUT2D eigenvalue weighted by atomic mass is 79.9. The third-order valence-corrected chi connectivity index (χ3v) is 5.60. The molecule has 4 nitrogen and oxygen atoms in total. The summed E-state index contributed by atoms with van der Waals surface area (Å²) in [7, 11) is -3.65. The zero-order chi connectivity index (χ0) is 15.6. The summed E-state index contributed by atoms with van der Waals surface area (Å²) in [4.78, 5) is 0.189. The highest BCUT2D eigenvalue weighted by Gasteiger charge is 2.17. The van der Waals surface area contributed by atoms with Gasteiger partial charge in [0, 0.05) is 15.0 Å². The van der Waals surface area contributed by atoms with Crippen LogP contribution in [0.15, 0.2) is 56.3 Å². The molecule has 3 N–H and O–H groups in total. The predicted octanol–water partition coefficient (Wildman–Crippen LogP) is 4.03. The van der Waals surface area contributed by atoms with Crippen LogP contribution in [0.1, 0.15) is 18.5 Å². The first-order chi connectivity index (χ1) is 9.81. The molecule has 2 aromatic rings. The molecule has 0 amide bonds. The van der Waals surface area contributed by atoms with E-state index in [1.807, 2.05) is 13.0 Å². The lowest BCUT2D eigenvalue weighted by molar-refractivity contribution is 0.601. The molecule has 1 atom stereocenters. The minimum Gasteiger partial charge on any atom is -0.324 e. The van der Waals surface area contributed by atoms with E-state index in [9.17, 15) is 8.42 Å². The molecule has 0 aliphatic heterocycles. The van der Waals surface area contributed by atoms with E-state index in [0.717, 1.165) is 5.56 Å². The fourth-order valence-corrected chi connectivity index (χ4v) is 4.30. The first kappa shape index (κ1) is 16.5. The van der Waals surface area contributed by atoms with Gasteiger partial charge in [0.2, 0.25) is 0 Å². The molecular formula is C14H14Br2N2O2S. The van der Waals surface area contributed by atoms with E-state index in [2.05, 4.69) is 36.6 Å². The standard InChI is InChI=1S/C14H14Br2N2O2S/c1-9(17)10-5-7-11(8-6-10)21(19,20)18-14-12(15)3-2-4-13(14)16/h2-9,18H,17H2,1H3. The van der Waals surface area contributed by atoms with Crippen molar-refractivity contribution in [3.63, 3.8) is 0 Å². The smallest absolute Gasteiger partial charge is 0.261 e. The Balaban J connectivity index is 2.34. The van der Waals surface area contributed by atoms with E-state index >= 15 is 0 Å². The molecule has 0 aliphatic carbocycles. The third-order valence-electron chi connectivity index (χ3n) is 2.92. The van der Waals surface area contributed by atoms with Crippen LogP contribution in [-0.2, 0) is 10.0 Å². The van der Waals surface area contributed by atoms with Gasteiger partial charge in [0.1, 0.15) is 0 Å². The van der Waals surface area contributed by atoms with Crippen molar-refractivity contribution in [1.29, 1.82) is 0 Å². The maximum atomic E-state index is 12.4. The van der Waals surface area contributed by atoms with Crippen molar-refractivity contribution in [2.24, 2.45) is 5.73 Å². The zero-order valence-corrected chi connectivity index (χ0v) is 15.2. The van der Waals surface area contributed by atoms with Crippen molar-refractivity contribution in [2.75, 3.05) is 4.72 Å². The van der Waals surface area contributed by atoms with Crippen LogP contribution in [0.25, 0.3) is 0 Å². The maximum absolute atomic E-state index is 12.4. The molecule has 2 rings (SSSR count). The fourth-order valence-electron chi connectivity index (χ4n) is 1.74. The van der Waals surface area contributed by atoms with Crippen LogP contribution < -0.4 is 10.5 Å². The van der Waals surface area contributed by atoms with E-state index in [0.29, 0.717) is 14.6 Å². The zero-order valence-electron chi connectivity index (χ0n) is 11.2. The van der Waals surface area contributed by atoms with Crippen molar-refractivity contribution in [3.05, 3.63) is 57.0 Å². The molecule has 0 aliphatic rings. The second-order valence-electron chi connectivity index (χ2n) is 4.56. The van der Waals surface area contributed by atoms with E-state index in [1.54, 1.807) is 36.4 Å². The average molecular weight is 434 g/mol. The number of hydrogen-bond acceptors (Lipinski definition) is 3. The molecule has 0 radical (unpaired) electrons. The summed E-state index contributed by atoms with van der Waals surface area (Å²) in [5.74, 6) is 0. The van der Waals surface area contributed by atoms with Gasteiger partial charge in [0.15, 0.2) is 0 Å². The van der Waals surface area contributed by atoms with Gasteiger partial charge in [0.05, 0.1) is 10.6 Å². The molecular weight excluding hydrogens is 420 g/mol. The topological polar surface area (TPSA) is 72.2 Å². The van der Waals surface area contributed by atoms with Crippen LogP contribution in [0.3, 0.4) is 0 Å². The van der Waals surface area contributed by atoms with Gasteiger partial charge in [-0.15, -0.1) is 0 Å². The van der Waals surface area contributed by atoms with Crippen LogP contribution in [0.4, 0.5) is 5.69 Å². The normalized spacial score (nSPS) is 13.0. The van der Waals surface area contributed by atoms with Gasteiger partial charge in [0.25, 0.3) is 10.0 Å². The van der Waals surface area contributed by atoms with Crippen molar-refractivity contribution >= 4 is 47.6 Å². The number of rotatable bonds is 4. The number of benzene rings is 2. The molecule has 0 saturated heterocycles. The Bertz CT molecular complexity index is 724. The second-order valence-corrected chi connectivity index (χ2v) is 7.95. The second kappa shape index (κ2) is 6.48. The molecule has 7 heteroatoms. The Morgan fingerprint density at radius 2 is 1.57 bits per heavy atom. The number of sulfonamides is 1. The lowest BCUT2D eigenvalue weighted by atomic mass is 10.1. The van der Waals surface area contributed by atoms with Crippen molar-refractivity contribution in [3.8, 4) is 0 Å². The highest BCUT2D eigenvalue weighted by molar-refractivity contribution is 9.11. The number of nitrogens with two attached hydrogens (primary N) is 1. The Morgan fingerprint density at radius 1 is 1.05 bits per heavy atom. The van der Waals surface area contributed by atoms with Crippen molar-refractivity contribution in [2.45, 2.75) is 17.9 Å². The minimum atomic E-state index is -3.65. The van der Waals surface area contributed by atoms with Crippen LogP contribution in [0.5, 0.6) is 0 Å². The van der Waals surface area contributed by atoms with Gasteiger partial charge >= 0.3 is 0 Å². The number of nitrogens with one attached hydrogen (secondary N) is 1. The molecule has 1 unspecified atom stereocenters. The van der Waals surface area contributed by atoms with E-state index < -0.39 is 10.0 Å². The third kappa shape index (κ3) is 3.85. The van der Waals surface area contributed by atoms with E-state index in [-0.39, 0.29) is 10.9 Å².